The van der Waals surface area contributed by atoms with Crippen LogP contribution < -0.4 is 23.7 Å². The van der Waals surface area contributed by atoms with E-state index < -0.39 is 6.16 Å². The molecule has 0 radical (unpaired) electrons. The molecule has 39 heavy (non-hydrogen) atoms. The highest BCUT2D eigenvalue weighted by Crippen LogP contribution is 2.52. The summed E-state index contributed by atoms with van der Waals surface area (Å²) in [7, 11) is 4.67. The van der Waals surface area contributed by atoms with Crippen molar-refractivity contribution in [2.75, 3.05) is 21.3 Å². The lowest BCUT2D eigenvalue weighted by molar-refractivity contribution is 0.141. The molecule has 2 heterocycles. The largest absolute Gasteiger partial charge is 0.512 e. The number of nitrogens with zero attached hydrogens (tertiary/aromatic N) is 3. The monoisotopic (exact) mass is 549 g/mol. The van der Waals surface area contributed by atoms with E-state index in [0.717, 1.165) is 28.3 Å². The number of methoxy groups -OCH3 is 3. The Morgan fingerprint density at radius 1 is 0.949 bits per heavy atom. The van der Waals surface area contributed by atoms with Gasteiger partial charge in [0.15, 0.2) is 11.5 Å². The fourth-order valence-electron chi connectivity index (χ4n) is 4.58. The third kappa shape index (κ3) is 4.88. The molecule has 10 nitrogen and oxygen atoms in total. The average molecular weight is 550 g/mol. The number of hydrogen-bond donors (Lipinski definition) is 1. The maximum Gasteiger partial charge on any atom is 0.512 e. The highest BCUT2D eigenvalue weighted by molar-refractivity contribution is 7.00. The quantitative estimate of drug-likeness (QED) is 0.214. The maximum absolute atomic E-state index is 12.0. The van der Waals surface area contributed by atoms with Gasteiger partial charge in [0.05, 0.1) is 62.2 Å². The number of carbonyl (C=O) groups is 1. The summed E-state index contributed by atoms with van der Waals surface area (Å²) in [5, 5.41) is 10.4. The summed E-state index contributed by atoms with van der Waals surface area (Å²) in [4.78, 5) is 12.0. The van der Waals surface area contributed by atoms with E-state index in [1.165, 1.54) is 7.11 Å². The molecule has 1 N–H and O–H groups in total. The Morgan fingerprint density at radius 2 is 1.69 bits per heavy atom. The predicted molar refractivity (Wildman–Crippen MR) is 148 cm³/mol. The Morgan fingerprint density at radius 3 is 2.33 bits per heavy atom. The first-order chi connectivity index (χ1) is 18.8. The standard InChI is InChI=1S/C28H27N3O7S/c1-15(2)37-25-22(35-4)13-21-24(26(25)36-5)23(17-7-9-18(34-3)10-8-17)27(38-28(32)33)31(21)14-16-6-11-19-20(12-16)30-39-29-19/h6-13,15H,14H2,1-5H3,(H,32,33). The van der Waals surface area contributed by atoms with Crippen LogP contribution in [0.5, 0.6) is 28.9 Å². The van der Waals surface area contributed by atoms with Gasteiger partial charge in [0.25, 0.3) is 0 Å². The summed E-state index contributed by atoms with van der Waals surface area (Å²) in [5.74, 6) is 2.03. The van der Waals surface area contributed by atoms with Crippen LogP contribution in [0.4, 0.5) is 4.79 Å². The number of aromatic nitrogens is 3. The average Bonchev–Trinajstić information content (AvgIpc) is 3.50. The zero-order valence-corrected chi connectivity index (χ0v) is 22.9. The van der Waals surface area contributed by atoms with Crippen molar-refractivity contribution in [3.8, 4) is 40.0 Å². The Balaban J connectivity index is 1.86. The summed E-state index contributed by atoms with van der Waals surface area (Å²) < 4.78 is 39.0. The molecule has 0 saturated carbocycles. The van der Waals surface area contributed by atoms with Crippen LogP contribution in [0.2, 0.25) is 0 Å². The third-order valence-electron chi connectivity index (χ3n) is 6.18. The van der Waals surface area contributed by atoms with Crippen molar-refractivity contribution < 1.29 is 33.6 Å². The van der Waals surface area contributed by atoms with Crippen molar-refractivity contribution in [2.45, 2.75) is 26.5 Å². The maximum atomic E-state index is 12.0. The van der Waals surface area contributed by atoms with Gasteiger partial charge in [-0.05, 0) is 49.2 Å². The summed E-state index contributed by atoms with van der Waals surface area (Å²) in [6, 6.07) is 14.8. The van der Waals surface area contributed by atoms with Crippen molar-refractivity contribution >= 4 is 39.8 Å². The van der Waals surface area contributed by atoms with Crippen LogP contribution in [0.25, 0.3) is 33.1 Å². The van der Waals surface area contributed by atoms with Crippen molar-refractivity contribution in [1.29, 1.82) is 0 Å². The zero-order valence-electron chi connectivity index (χ0n) is 22.0. The van der Waals surface area contributed by atoms with E-state index in [1.807, 2.05) is 44.2 Å². The second-order valence-corrected chi connectivity index (χ2v) is 9.48. The minimum Gasteiger partial charge on any atom is -0.497 e. The smallest absolute Gasteiger partial charge is 0.497 e. The van der Waals surface area contributed by atoms with Crippen LogP contribution in [0.15, 0.2) is 48.5 Å². The number of carboxylic acid groups (broad SMARTS) is 1. The first kappa shape index (κ1) is 26.1. The van der Waals surface area contributed by atoms with Gasteiger partial charge >= 0.3 is 6.16 Å². The summed E-state index contributed by atoms with van der Waals surface area (Å²) >= 11 is 1.14. The second kappa shape index (κ2) is 10.7. The number of rotatable bonds is 9. The first-order valence-corrected chi connectivity index (χ1v) is 12.8. The van der Waals surface area contributed by atoms with Gasteiger partial charge in [-0.3, -0.25) is 0 Å². The third-order valence-corrected chi connectivity index (χ3v) is 6.74. The van der Waals surface area contributed by atoms with E-state index in [1.54, 1.807) is 37.0 Å². The lowest BCUT2D eigenvalue weighted by Gasteiger charge is -2.18. The van der Waals surface area contributed by atoms with Crippen LogP contribution in [0.1, 0.15) is 19.4 Å². The Bertz CT molecular complexity index is 1660. The molecule has 0 fully saturated rings. The Labute approximate surface area is 228 Å². The zero-order chi connectivity index (χ0) is 27.7. The van der Waals surface area contributed by atoms with Crippen LogP contribution in [-0.2, 0) is 6.54 Å². The Hall–Kier alpha value is -4.51. The number of ether oxygens (including phenoxy) is 5. The topological polar surface area (TPSA) is 114 Å². The molecule has 5 rings (SSSR count). The van der Waals surface area contributed by atoms with E-state index >= 15 is 0 Å². The number of fused-ring (bicyclic) bond motifs is 2. The molecule has 0 unspecified atom stereocenters. The van der Waals surface area contributed by atoms with E-state index in [0.29, 0.717) is 45.0 Å². The molecule has 0 aliphatic rings. The van der Waals surface area contributed by atoms with Gasteiger partial charge in [-0.2, -0.15) is 8.75 Å². The SMILES string of the molecule is COc1ccc(-c2c(OC(=O)O)n(Cc3ccc4nsnc4c3)c3cc(OC)c(OC(C)C)c(OC)c23)cc1. The Kier molecular flexibility index (Phi) is 7.16. The van der Waals surface area contributed by atoms with Gasteiger partial charge in [-0.15, -0.1) is 0 Å². The highest BCUT2D eigenvalue weighted by atomic mass is 32.1. The van der Waals surface area contributed by atoms with Crippen LogP contribution in [-0.4, -0.2) is 52.0 Å². The molecule has 0 saturated heterocycles. The van der Waals surface area contributed by atoms with Crippen molar-refractivity contribution in [3.05, 3.63) is 54.1 Å². The molecular formula is C28H27N3O7S. The molecule has 0 aliphatic carbocycles. The summed E-state index contributed by atoms with van der Waals surface area (Å²) in [6.07, 6.45) is -1.62. The minimum absolute atomic E-state index is 0.126. The van der Waals surface area contributed by atoms with Crippen molar-refractivity contribution in [1.82, 2.24) is 13.3 Å². The molecule has 5 aromatic rings. The summed E-state index contributed by atoms with van der Waals surface area (Å²) in [5.41, 5.74) is 4.30. The molecule has 202 valence electrons. The van der Waals surface area contributed by atoms with E-state index in [-0.39, 0.29) is 18.5 Å². The van der Waals surface area contributed by atoms with E-state index in [9.17, 15) is 9.90 Å². The van der Waals surface area contributed by atoms with Gasteiger partial charge in [-0.1, -0.05) is 18.2 Å². The number of hydrogen-bond acceptors (Lipinski definition) is 9. The van der Waals surface area contributed by atoms with E-state index in [2.05, 4.69) is 8.75 Å². The van der Waals surface area contributed by atoms with Gasteiger partial charge < -0.3 is 33.4 Å². The van der Waals surface area contributed by atoms with E-state index in [4.69, 9.17) is 23.7 Å². The molecule has 0 bridgehead atoms. The number of benzene rings is 3. The summed E-state index contributed by atoms with van der Waals surface area (Å²) in [6.45, 7) is 4.08. The molecule has 0 atom stereocenters. The van der Waals surface area contributed by atoms with Crippen molar-refractivity contribution in [2.24, 2.45) is 0 Å². The van der Waals surface area contributed by atoms with Gasteiger partial charge in [-0.25, -0.2) is 4.79 Å². The van der Waals surface area contributed by atoms with Gasteiger partial charge in [0.1, 0.15) is 16.8 Å². The van der Waals surface area contributed by atoms with Gasteiger partial charge in [0.2, 0.25) is 11.6 Å². The molecule has 0 aliphatic heterocycles. The van der Waals surface area contributed by atoms with Crippen LogP contribution >= 0.6 is 11.7 Å². The fraction of sp³-hybridized carbons (Fsp3) is 0.250. The molecule has 2 aromatic heterocycles. The normalized spacial score (nSPS) is 11.2. The molecule has 11 heteroatoms. The van der Waals surface area contributed by atoms with Gasteiger partial charge in [0, 0.05) is 6.07 Å². The predicted octanol–water partition coefficient (Wildman–Crippen LogP) is 6.23. The fourth-order valence-corrected chi connectivity index (χ4v) is 5.10. The molecule has 3 aromatic carbocycles. The molecular weight excluding hydrogens is 522 g/mol. The van der Waals surface area contributed by atoms with Crippen LogP contribution in [0, 0.1) is 0 Å². The van der Waals surface area contributed by atoms with Crippen LogP contribution in [0.3, 0.4) is 0 Å². The lowest BCUT2D eigenvalue weighted by Crippen LogP contribution is -2.10. The second-order valence-electron chi connectivity index (χ2n) is 8.95. The minimum atomic E-state index is -1.45. The highest BCUT2D eigenvalue weighted by Gasteiger charge is 2.30. The first-order valence-electron chi connectivity index (χ1n) is 12.1. The molecule has 0 amide bonds. The van der Waals surface area contributed by atoms with Crippen molar-refractivity contribution in [3.63, 3.8) is 0 Å². The lowest BCUT2D eigenvalue weighted by atomic mass is 10.0. The molecule has 0 spiro atoms.